The minimum absolute atomic E-state index is 0.286. The molecule has 0 bridgehead atoms. The molecule has 1 atom stereocenters. The van der Waals surface area contributed by atoms with Crippen LogP contribution in [-0.2, 0) is 9.59 Å². The van der Waals surface area contributed by atoms with Crippen LogP contribution in [0.25, 0.3) is 0 Å². The van der Waals surface area contributed by atoms with Crippen molar-refractivity contribution in [3.63, 3.8) is 0 Å². The van der Waals surface area contributed by atoms with Crippen LogP contribution in [0.1, 0.15) is 11.6 Å². The van der Waals surface area contributed by atoms with E-state index in [1.54, 1.807) is 60.7 Å². The number of hydrogen-bond donors (Lipinski definition) is 2. The molecule has 0 fully saturated rings. The Hall–Kier alpha value is -2.73. The molecule has 0 spiro atoms. The average molecular weight is 464 g/mol. The summed E-state index contributed by atoms with van der Waals surface area (Å²) in [5, 5.41) is 6.68. The van der Waals surface area contributed by atoms with Gasteiger partial charge in [-0.2, -0.15) is 0 Å². The van der Waals surface area contributed by atoms with Crippen molar-refractivity contribution in [2.45, 2.75) is 6.04 Å². The Morgan fingerprint density at radius 2 is 1.60 bits per heavy atom. The monoisotopic (exact) mass is 462 g/mol. The normalized spacial score (nSPS) is 11.4. The van der Waals surface area contributed by atoms with E-state index in [1.807, 2.05) is 6.07 Å². The standard InChI is InChI=1S/C22H17Cl3N2O3/c23-15-7-4-8-17(11-15)26-22(29)21(14-5-2-1-3-6-14)27-20(28)13-30-19-10-9-16(24)12-18(19)25/h1-12,21H,13H2,(H,26,29)(H,27,28). The van der Waals surface area contributed by atoms with E-state index in [0.717, 1.165) is 0 Å². The molecule has 0 heterocycles. The summed E-state index contributed by atoms with van der Waals surface area (Å²) in [6.07, 6.45) is 0. The molecule has 0 radical (unpaired) electrons. The van der Waals surface area contributed by atoms with E-state index in [4.69, 9.17) is 39.5 Å². The first kappa shape index (κ1) is 22.0. The molecular weight excluding hydrogens is 447 g/mol. The van der Waals surface area contributed by atoms with Crippen LogP contribution in [0.2, 0.25) is 15.1 Å². The Balaban J connectivity index is 1.70. The number of benzene rings is 3. The van der Waals surface area contributed by atoms with Crippen LogP contribution < -0.4 is 15.4 Å². The molecule has 30 heavy (non-hydrogen) atoms. The van der Waals surface area contributed by atoms with Gasteiger partial charge in [0.2, 0.25) is 0 Å². The van der Waals surface area contributed by atoms with Gasteiger partial charge in [0.1, 0.15) is 11.8 Å². The molecule has 0 aliphatic carbocycles. The molecule has 1 unspecified atom stereocenters. The summed E-state index contributed by atoms with van der Waals surface area (Å²) in [4.78, 5) is 25.4. The number of nitrogens with one attached hydrogen (secondary N) is 2. The Morgan fingerprint density at radius 1 is 0.867 bits per heavy atom. The van der Waals surface area contributed by atoms with E-state index in [9.17, 15) is 9.59 Å². The van der Waals surface area contributed by atoms with Gasteiger partial charge in [0.15, 0.2) is 6.61 Å². The molecule has 5 nitrogen and oxygen atoms in total. The average Bonchev–Trinajstić information content (AvgIpc) is 2.72. The molecule has 0 aliphatic heterocycles. The van der Waals surface area contributed by atoms with Gasteiger partial charge in [-0.15, -0.1) is 0 Å². The quantitative estimate of drug-likeness (QED) is 0.485. The van der Waals surface area contributed by atoms with E-state index in [2.05, 4.69) is 10.6 Å². The molecule has 0 aliphatic rings. The van der Waals surface area contributed by atoms with E-state index in [-0.39, 0.29) is 11.6 Å². The number of hydrogen-bond acceptors (Lipinski definition) is 3. The zero-order chi connectivity index (χ0) is 21.5. The van der Waals surface area contributed by atoms with Crippen molar-refractivity contribution in [1.82, 2.24) is 5.32 Å². The maximum absolute atomic E-state index is 12.9. The fraction of sp³-hybridized carbons (Fsp3) is 0.0909. The molecule has 8 heteroatoms. The van der Waals surface area contributed by atoms with Crippen LogP contribution in [0.15, 0.2) is 72.8 Å². The highest BCUT2D eigenvalue weighted by atomic mass is 35.5. The van der Waals surface area contributed by atoms with Crippen molar-refractivity contribution in [1.29, 1.82) is 0 Å². The number of carbonyl (C=O) groups is 2. The Bertz CT molecular complexity index is 1040. The van der Waals surface area contributed by atoms with Gasteiger partial charge in [0.05, 0.1) is 5.02 Å². The van der Waals surface area contributed by atoms with Gasteiger partial charge in [-0.05, 0) is 42.0 Å². The van der Waals surface area contributed by atoms with Gasteiger partial charge in [-0.25, -0.2) is 0 Å². The first-order valence-electron chi connectivity index (χ1n) is 8.91. The van der Waals surface area contributed by atoms with Crippen LogP contribution in [0.4, 0.5) is 5.69 Å². The summed E-state index contributed by atoms with van der Waals surface area (Å²) in [6, 6.07) is 19.4. The SMILES string of the molecule is O=C(COc1ccc(Cl)cc1Cl)NC(C(=O)Nc1cccc(Cl)c1)c1ccccc1. The predicted octanol–water partition coefficient (Wildman–Crippen LogP) is 5.52. The minimum atomic E-state index is -0.929. The second-order valence-corrected chi connectivity index (χ2v) is 7.55. The largest absolute Gasteiger partial charge is 0.482 e. The van der Waals surface area contributed by atoms with Gasteiger partial charge in [-0.1, -0.05) is 71.2 Å². The van der Waals surface area contributed by atoms with E-state index >= 15 is 0 Å². The lowest BCUT2D eigenvalue weighted by Crippen LogP contribution is -2.39. The van der Waals surface area contributed by atoms with Crippen LogP contribution in [-0.4, -0.2) is 18.4 Å². The summed E-state index contributed by atoms with van der Waals surface area (Å²) in [6.45, 7) is -0.324. The number of amides is 2. The second-order valence-electron chi connectivity index (χ2n) is 6.27. The number of ether oxygens (including phenoxy) is 1. The van der Waals surface area contributed by atoms with Crippen molar-refractivity contribution in [3.8, 4) is 5.75 Å². The summed E-state index contributed by atoms with van der Waals surface area (Å²) < 4.78 is 5.45. The summed E-state index contributed by atoms with van der Waals surface area (Å²) in [7, 11) is 0. The molecule has 3 aromatic rings. The van der Waals surface area contributed by atoms with Crippen LogP contribution in [0.5, 0.6) is 5.75 Å². The fourth-order valence-corrected chi connectivity index (χ4v) is 3.32. The number of halogens is 3. The van der Waals surface area contributed by atoms with Crippen molar-refractivity contribution >= 4 is 52.3 Å². The Morgan fingerprint density at radius 3 is 2.30 bits per heavy atom. The zero-order valence-electron chi connectivity index (χ0n) is 15.6. The first-order valence-corrected chi connectivity index (χ1v) is 10.0. The van der Waals surface area contributed by atoms with Crippen molar-refractivity contribution in [2.75, 3.05) is 11.9 Å². The third-order valence-corrected chi connectivity index (χ3v) is 4.81. The second kappa shape index (κ2) is 10.3. The smallest absolute Gasteiger partial charge is 0.258 e. The van der Waals surface area contributed by atoms with Gasteiger partial charge < -0.3 is 15.4 Å². The predicted molar refractivity (Wildman–Crippen MR) is 119 cm³/mol. The molecular formula is C22H17Cl3N2O3. The minimum Gasteiger partial charge on any atom is -0.482 e. The van der Waals surface area contributed by atoms with E-state index in [1.165, 1.54) is 6.07 Å². The molecule has 3 rings (SSSR count). The molecule has 154 valence electrons. The Kier molecular flexibility index (Phi) is 7.57. The number of anilines is 1. The topological polar surface area (TPSA) is 67.4 Å². The molecule has 0 saturated heterocycles. The summed E-state index contributed by atoms with van der Waals surface area (Å²) in [5.41, 5.74) is 1.14. The van der Waals surface area contributed by atoms with Crippen molar-refractivity contribution in [3.05, 3.63) is 93.4 Å². The highest BCUT2D eigenvalue weighted by Crippen LogP contribution is 2.27. The zero-order valence-corrected chi connectivity index (χ0v) is 17.8. The highest BCUT2D eigenvalue weighted by molar-refractivity contribution is 6.35. The van der Waals surface area contributed by atoms with Gasteiger partial charge in [-0.3, -0.25) is 9.59 Å². The van der Waals surface area contributed by atoms with Crippen molar-refractivity contribution < 1.29 is 14.3 Å². The number of rotatable bonds is 7. The maximum Gasteiger partial charge on any atom is 0.258 e. The van der Waals surface area contributed by atoms with Crippen LogP contribution in [0.3, 0.4) is 0 Å². The third kappa shape index (κ3) is 6.13. The van der Waals surface area contributed by atoms with Gasteiger partial charge in [0.25, 0.3) is 11.8 Å². The lowest BCUT2D eigenvalue weighted by atomic mass is 10.1. The van der Waals surface area contributed by atoms with Crippen LogP contribution >= 0.6 is 34.8 Å². The number of carbonyl (C=O) groups excluding carboxylic acids is 2. The molecule has 2 N–H and O–H groups in total. The lowest BCUT2D eigenvalue weighted by molar-refractivity contribution is -0.128. The summed E-state index contributed by atoms with van der Waals surface area (Å²) in [5.74, 6) is -0.590. The first-order chi connectivity index (χ1) is 14.4. The molecule has 3 aromatic carbocycles. The molecule has 0 saturated carbocycles. The van der Waals surface area contributed by atoms with Crippen molar-refractivity contribution in [2.24, 2.45) is 0 Å². The highest BCUT2D eigenvalue weighted by Gasteiger charge is 2.23. The third-order valence-electron chi connectivity index (χ3n) is 4.05. The van der Waals surface area contributed by atoms with E-state index < -0.39 is 17.9 Å². The van der Waals surface area contributed by atoms with Crippen LogP contribution in [0, 0.1) is 0 Å². The Labute approximate surface area is 188 Å². The fourth-order valence-electron chi connectivity index (χ4n) is 2.66. The molecule has 2 amide bonds. The van der Waals surface area contributed by atoms with E-state index in [0.29, 0.717) is 27.0 Å². The maximum atomic E-state index is 12.9. The van der Waals surface area contributed by atoms with Gasteiger partial charge in [0, 0.05) is 15.7 Å². The summed E-state index contributed by atoms with van der Waals surface area (Å²) >= 11 is 17.9. The molecule has 0 aromatic heterocycles. The van der Waals surface area contributed by atoms with Gasteiger partial charge >= 0.3 is 0 Å². The lowest BCUT2D eigenvalue weighted by Gasteiger charge is -2.19.